The summed E-state index contributed by atoms with van der Waals surface area (Å²) in [6.07, 6.45) is 0. The fourth-order valence-corrected chi connectivity index (χ4v) is 3.27. The summed E-state index contributed by atoms with van der Waals surface area (Å²) in [6.45, 7) is 0.147. The van der Waals surface area contributed by atoms with Crippen LogP contribution in [0.3, 0.4) is 0 Å². The van der Waals surface area contributed by atoms with E-state index in [1.807, 2.05) is 0 Å². The Labute approximate surface area is 155 Å². The van der Waals surface area contributed by atoms with Gasteiger partial charge in [-0.15, -0.1) is 0 Å². The van der Waals surface area contributed by atoms with E-state index in [0.29, 0.717) is 10.0 Å². The minimum absolute atomic E-state index is 0.0171. The molecule has 0 atom stereocenters. The number of hydrogen-bond acceptors (Lipinski definition) is 3. The maximum Gasteiger partial charge on any atom is 0.254 e. The number of anilines is 1. The summed E-state index contributed by atoms with van der Waals surface area (Å²) in [6, 6.07) is 4.39. The average Bonchev–Trinajstić information content (AvgIpc) is 2.59. The van der Waals surface area contributed by atoms with Crippen molar-refractivity contribution in [3.05, 3.63) is 57.3 Å². The molecule has 1 aliphatic heterocycles. The second-order valence-corrected chi connectivity index (χ2v) is 6.48. The molecule has 0 radical (unpaired) electrons. The van der Waals surface area contributed by atoms with Gasteiger partial charge in [-0.05, 0) is 18.2 Å². The highest BCUT2D eigenvalue weighted by molar-refractivity contribution is 6.35. The van der Waals surface area contributed by atoms with Crippen molar-refractivity contribution >= 4 is 34.8 Å². The lowest BCUT2D eigenvalue weighted by Gasteiger charge is -2.36. The number of carbonyl (C=O) groups excluding carboxylic acids is 1. The molecule has 1 aromatic heterocycles. The highest BCUT2D eigenvalue weighted by Crippen LogP contribution is 2.27. The lowest BCUT2D eigenvalue weighted by Crippen LogP contribution is -2.49. The van der Waals surface area contributed by atoms with Crippen LogP contribution in [0.1, 0.15) is 10.4 Å². The van der Waals surface area contributed by atoms with E-state index in [-0.39, 0.29) is 37.6 Å². The zero-order valence-electron chi connectivity index (χ0n) is 13.1. The third-order valence-electron chi connectivity index (χ3n) is 3.97. The third kappa shape index (κ3) is 3.57. The Morgan fingerprint density at radius 3 is 1.88 bits per heavy atom. The Balaban J connectivity index is 1.77. The molecule has 2 aromatic rings. The van der Waals surface area contributed by atoms with Gasteiger partial charge in [0.15, 0.2) is 0 Å². The van der Waals surface area contributed by atoms with Crippen LogP contribution in [0, 0.1) is 23.5 Å². The van der Waals surface area contributed by atoms with Crippen molar-refractivity contribution in [1.82, 2.24) is 9.88 Å². The second-order valence-electron chi connectivity index (χ2n) is 5.61. The molecule has 0 N–H and O–H groups in total. The third-order valence-corrected chi connectivity index (χ3v) is 4.40. The molecule has 138 valence electrons. The van der Waals surface area contributed by atoms with Gasteiger partial charge in [-0.25, -0.2) is 0 Å². The average molecular weight is 408 g/mol. The van der Waals surface area contributed by atoms with Gasteiger partial charge in [0, 0.05) is 41.8 Å². The molecule has 4 nitrogen and oxygen atoms in total. The fraction of sp³-hybridized carbons (Fsp3) is 0.250. The summed E-state index contributed by atoms with van der Waals surface area (Å²) >= 11 is 11.8. The van der Waals surface area contributed by atoms with Gasteiger partial charge in [-0.2, -0.15) is 22.5 Å². The molecule has 1 amide bonds. The lowest BCUT2D eigenvalue weighted by molar-refractivity contribution is 0.0746. The van der Waals surface area contributed by atoms with E-state index in [9.17, 15) is 22.4 Å². The van der Waals surface area contributed by atoms with E-state index < -0.39 is 29.2 Å². The SMILES string of the molecule is O=C(c1cc(Cl)cc(Cl)c1)N1CCN(c2c(F)c(F)nc(F)c2F)CC1. The Morgan fingerprint density at radius 1 is 0.885 bits per heavy atom. The number of pyridine rings is 1. The van der Waals surface area contributed by atoms with Crippen molar-refractivity contribution in [1.29, 1.82) is 0 Å². The van der Waals surface area contributed by atoms with Gasteiger partial charge in [0.1, 0.15) is 5.69 Å². The summed E-state index contributed by atoms with van der Waals surface area (Å²) < 4.78 is 54.2. The van der Waals surface area contributed by atoms with Crippen LogP contribution in [-0.2, 0) is 0 Å². The van der Waals surface area contributed by atoms with Crippen LogP contribution in [0.5, 0.6) is 0 Å². The zero-order valence-corrected chi connectivity index (χ0v) is 14.6. The fourth-order valence-electron chi connectivity index (χ4n) is 2.75. The van der Waals surface area contributed by atoms with Gasteiger partial charge >= 0.3 is 0 Å². The smallest absolute Gasteiger partial charge is 0.254 e. The maximum atomic E-state index is 13.8. The van der Waals surface area contributed by atoms with Crippen molar-refractivity contribution in [2.24, 2.45) is 0 Å². The number of carbonyl (C=O) groups is 1. The quantitative estimate of drug-likeness (QED) is 0.559. The van der Waals surface area contributed by atoms with E-state index in [0.717, 1.165) is 4.90 Å². The minimum Gasteiger partial charge on any atom is -0.363 e. The number of aromatic nitrogens is 1. The van der Waals surface area contributed by atoms with Crippen molar-refractivity contribution in [3.63, 3.8) is 0 Å². The maximum absolute atomic E-state index is 13.8. The van der Waals surface area contributed by atoms with Crippen LogP contribution in [-0.4, -0.2) is 42.0 Å². The number of rotatable bonds is 2. The van der Waals surface area contributed by atoms with Gasteiger partial charge in [-0.3, -0.25) is 4.79 Å². The summed E-state index contributed by atoms with van der Waals surface area (Å²) in [5, 5.41) is 0.595. The zero-order chi connectivity index (χ0) is 19.0. The normalized spacial score (nSPS) is 14.7. The van der Waals surface area contributed by atoms with E-state index in [4.69, 9.17) is 23.2 Å². The highest BCUT2D eigenvalue weighted by Gasteiger charge is 2.29. The minimum atomic E-state index is -1.72. The molecule has 1 aromatic carbocycles. The number of amides is 1. The van der Waals surface area contributed by atoms with Crippen molar-refractivity contribution in [2.45, 2.75) is 0 Å². The van der Waals surface area contributed by atoms with Crippen molar-refractivity contribution in [3.8, 4) is 0 Å². The Hall–Kier alpha value is -2.06. The van der Waals surface area contributed by atoms with Crippen LogP contribution < -0.4 is 4.90 Å². The number of benzene rings is 1. The van der Waals surface area contributed by atoms with Crippen molar-refractivity contribution in [2.75, 3.05) is 31.1 Å². The molecule has 10 heteroatoms. The van der Waals surface area contributed by atoms with Crippen LogP contribution >= 0.6 is 23.2 Å². The molecule has 26 heavy (non-hydrogen) atoms. The second kappa shape index (κ2) is 7.28. The predicted octanol–water partition coefficient (Wildman–Crippen LogP) is 3.91. The van der Waals surface area contributed by atoms with E-state index >= 15 is 0 Å². The van der Waals surface area contributed by atoms with Gasteiger partial charge in [-0.1, -0.05) is 23.2 Å². The van der Waals surface area contributed by atoms with Crippen LogP contribution in [0.2, 0.25) is 10.0 Å². The first-order valence-corrected chi connectivity index (χ1v) is 8.24. The Morgan fingerprint density at radius 2 is 1.38 bits per heavy atom. The lowest BCUT2D eigenvalue weighted by atomic mass is 10.1. The molecule has 1 aliphatic rings. The Kier molecular flexibility index (Phi) is 5.24. The molecule has 0 unspecified atom stereocenters. The topological polar surface area (TPSA) is 36.4 Å². The van der Waals surface area contributed by atoms with Gasteiger partial charge in [0.25, 0.3) is 17.8 Å². The summed E-state index contributed by atoms with van der Waals surface area (Å²) in [5.41, 5.74) is -0.554. The van der Waals surface area contributed by atoms with Gasteiger partial charge in [0.2, 0.25) is 11.6 Å². The molecule has 0 aliphatic carbocycles. The Bertz CT molecular complexity index is 827. The molecule has 1 fully saturated rings. The molecule has 1 saturated heterocycles. The van der Waals surface area contributed by atoms with Crippen LogP contribution in [0.25, 0.3) is 0 Å². The summed E-state index contributed by atoms with van der Waals surface area (Å²) in [4.78, 5) is 17.6. The standard InChI is InChI=1S/C16H11Cl2F4N3O/c17-9-5-8(6-10(18)7-9)16(26)25-3-1-24(2-4-25)13-11(19)14(21)23-15(22)12(13)20/h5-7H,1-4H2. The molecule has 0 spiro atoms. The molecular weight excluding hydrogens is 397 g/mol. The van der Waals surface area contributed by atoms with Gasteiger partial charge < -0.3 is 9.80 Å². The van der Waals surface area contributed by atoms with E-state index in [1.54, 1.807) is 0 Å². The van der Waals surface area contributed by atoms with Crippen molar-refractivity contribution < 1.29 is 22.4 Å². The summed E-state index contributed by atoms with van der Waals surface area (Å²) in [7, 11) is 0. The largest absolute Gasteiger partial charge is 0.363 e. The molecule has 0 bridgehead atoms. The van der Waals surface area contributed by atoms with E-state index in [2.05, 4.69) is 4.98 Å². The first-order valence-electron chi connectivity index (χ1n) is 7.48. The number of halogens is 6. The number of piperazine rings is 1. The number of hydrogen-bond donors (Lipinski definition) is 0. The monoisotopic (exact) mass is 407 g/mol. The highest BCUT2D eigenvalue weighted by atomic mass is 35.5. The van der Waals surface area contributed by atoms with Crippen LogP contribution in [0.4, 0.5) is 23.2 Å². The first kappa shape index (κ1) is 18.7. The van der Waals surface area contributed by atoms with E-state index in [1.165, 1.54) is 23.1 Å². The molecule has 0 saturated carbocycles. The summed E-state index contributed by atoms with van der Waals surface area (Å²) in [5.74, 6) is -6.92. The van der Waals surface area contributed by atoms with Gasteiger partial charge in [0.05, 0.1) is 0 Å². The van der Waals surface area contributed by atoms with Crippen LogP contribution in [0.15, 0.2) is 18.2 Å². The first-order chi connectivity index (χ1) is 12.3. The molecule has 3 rings (SSSR count). The molecule has 2 heterocycles. The number of nitrogens with zero attached hydrogens (tertiary/aromatic N) is 3. The molecular formula is C16H11Cl2F4N3O. The predicted molar refractivity (Wildman–Crippen MR) is 88.6 cm³/mol.